The highest BCUT2D eigenvalue weighted by Crippen LogP contribution is 2.22. The van der Waals surface area contributed by atoms with E-state index in [2.05, 4.69) is 5.32 Å². The summed E-state index contributed by atoms with van der Waals surface area (Å²) in [5, 5.41) is 3.17. The maximum absolute atomic E-state index is 11.7. The zero-order chi connectivity index (χ0) is 15.0. The maximum atomic E-state index is 11.7. The Morgan fingerprint density at radius 3 is 2.85 bits per heavy atom. The van der Waals surface area contributed by atoms with E-state index in [1.807, 2.05) is 0 Å². The quantitative estimate of drug-likeness (QED) is 0.459. The molecule has 1 aromatic carbocycles. The fourth-order valence-corrected chi connectivity index (χ4v) is 2.21. The summed E-state index contributed by atoms with van der Waals surface area (Å²) in [7, 11) is 0. The molecule has 0 spiro atoms. The molecule has 0 atom stereocenters. The molecule has 0 bridgehead atoms. The molecule has 5 nitrogen and oxygen atoms in total. The number of carbonyl (C=O) groups excluding carboxylic acids is 2. The summed E-state index contributed by atoms with van der Waals surface area (Å²) in [5.41, 5.74) is 6.66. The molecule has 0 heterocycles. The summed E-state index contributed by atoms with van der Waals surface area (Å²) in [4.78, 5) is 22.7. The predicted octanol–water partition coefficient (Wildman–Crippen LogP) is 2.55. The molecule has 0 aromatic heterocycles. The van der Waals surface area contributed by atoms with Gasteiger partial charge in [-0.05, 0) is 25.1 Å². The summed E-state index contributed by atoms with van der Waals surface area (Å²) in [6.45, 7) is 2.13. The lowest BCUT2D eigenvalue weighted by atomic mass is 10.2. The third-order valence-electron chi connectivity index (χ3n) is 2.28. The number of hydrogen-bond acceptors (Lipinski definition) is 5. The van der Waals surface area contributed by atoms with Crippen LogP contribution in [0, 0.1) is 0 Å². The highest BCUT2D eigenvalue weighted by atomic mass is 35.5. The third-order valence-corrected chi connectivity index (χ3v) is 3.56. The van der Waals surface area contributed by atoms with Crippen molar-refractivity contribution in [3.8, 4) is 0 Å². The number of benzene rings is 1. The summed E-state index contributed by atoms with van der Waals surface area (Å²) < 4.78 is 4.78. The van der Waals surface area contributed by atoms with Crippen LogP contribution in [0.5, 0.6) is 0 Å². The van der Waals surface area contributed by atoms with Gasteiger partial charge in [0.2, 0.25) is 5.91 Å². The van der Waals surface area contributed by atoms with Crippen LogP contribution in [0.4, 0.5) is 11.4 Å². The number of amides is 1. The molecule has 110 valence electrons. The molecule has 0 aliphatic carbocycles. The Bertz CT molecular complexity index is 483. The van der Waals surface area contributed by atoms with Crippen molar-refractivity contribution >= 4 is 46.6 Å². The van der Waals surface area contributed by atoms with Gasteiger partial charge >= 0.3 is 5.97 Å². The van der Waals surface area contributed by atoms with Crippen LogP contribution in [0.25, 0.3) is 0 Å². The van der Waals surface area contributed by atoms with Gasteiger partial charge in [0.05, 0.1) is 23.1 Å². The van der Waals surface area contributed by atoms with Crippen molar-refractivity contribution in [2.45, 2.75) is 13.3 Å². The topological polar surface area (TPSA) is 81.4 Å². The maximum Gasteiger partial charge on any atom is 0.315 e. The molecule has 0 aliphatic heterocycles. The van der Waals surface area contributed by atoms with Crippen LogP contribution in [-0.4, -0.2) is 30.0 Å². The number of rotatable bonds is 7. The number of esters is 1. The van der Waals surface area contributed by atoms with Crippen LogP contribution in [0.2, 0.25) is 5.02 Å². The molecule has 0 radical (unpaired) electrons. The number of hydrogen-bond donors (Lipinski definition) is 2. The Labute approximate surface area is 127 Å². The van der Waals surface area contributed by atoms with E-state index in [0.29, 0.717) is 35.2 Å². The van der Waals surface area contributed by atoms with E-state index in [1.54, 1.807) is 25.1 Å². The number of anilines is 2. The van der Waals surface area contributed by atoms with E-state index < -0.39 is 0 Å². The average molecular weight is 317 g/mol. The molecule has 0 aliphatic rings. The Morgan fingerprint density at radius 2 is 2.20 bits per heavy atom. The first-order chi connectivity index (χ1) is 9.52. The van der Waals surface area contributed by atoms with E-state index in [4.69, 9.17) is 22.1 Å². The summed E-state index contributed by atoms with van der Waals surface area (Å²) in [5.74, 6) is 0.411. The van der Waals surface area contributed by atoms with Crippen LogP contribution in [-0.2, 0) is 14.3 Å². The second kappa shape index (κ2) is 8.71. The van der Waals surface area contributed by atoms with E-state index in [-0.39, 0.29) is 17.6 Å². The van der Waals surface area contributed by atoms with Crippen molar-refractivity contribution in [1.29, 1.82) is 0 Å². The Kier molecular flexibility index (Phi) is 7.25. The highest BCUT2D eigenvalue weighted by Gasteiger charge is 2.06. The summed E-state index contributed by atoms with van der Waals surface area (Å²) in [6.07, 6.45) is 0.312. The number of nitrogens with one attached hydrogen (secondary N) is 1. The number of nitrogen functional groups attached to an aromatic ring is 1. The van der Waals surface area contributed by atoms with Crippen LogP contribution in [0.3, 0.4) is 0 Å². The largest absolute Gasteiger partial charge is 0.465 e. The molecular weight excluding hydrogens is 300 g/mol. The lowest BCUT2D eigenvalue weighted by Gasteiger charge is -2.07. The first kappa shape index (κ1) is 16.7. The van der Waals surface area contributed by atoms with Gasteiger partial charge in [-0.2, -0.15) is 0 Å². The number of halogens is 1. The number of ether oxygens (including phenoxy) is 1. The van der Waals surface area contributed by atoms with Gasteiger partial charge in [0.15, 0.2) is 0 Å². The highest BCUT2D eigenvalue weighted by molar-refractivity contribution is 7.99. The minimum absolute atomic E-state index is 0.136. The molecule has 7 heteroatoms. The van der Waals surface area contributed by atoms with Gasteiger partial charge in [-0.3, -0.25) is 9.59 Å². The summed E-state index contributed by atoms with van der Waals surface area (Å²) in [6, 6.07) is 4.91. The molecule has 3 N–H and O–H groups in total. The van der Waals surface area contributed by atoms with Crippen molar-refractivity contribution in [2.24, 2.45) is 0 Å². The van der Waals surface area contributed by atoms with Gasteiger partial charge in [0, 0.05) is 17.9 Å². The van der Waals surface area contributed by atoms with Gasteiger partial charge in [0.1, 0.15) is 0 Å². The van der Waals surface area contributed by atoms with Crippen molar-refractivity contribution in [3.63, 3.8) is 0 Å². The second-order valence-electron chi connectivity index (χ2n) is 3.89. The lowest BCUT2D eigenvalue weighted by Crippen LogP contribution is -2.13. The molecule has 1 rings (SSSR count). The van der Waals surface area contributed by atoms with Crippen molar-refractivity contribution < 1.29 is 14.3 Å². The average Bonchev–Trinajstić information content (AvgIpc) is 2.39. The van der Waals surface area contributed by atoms with E-state index in [1.165, 1.54) is 11.8 Å². The zero-order valence-electron chi connectivity index (χ0n) is 11.1. The van der Waals surface area contributed by atoms with Crippen LogP contribution in [0.15, 0.2) is 18.2 Å². The normalized spacial score (nSPS) is 10.1. The number of nitrogens with two attached hydrogens (primary N) is 1. The van der Waals surface area contributed by atoms with Gasteiger partial charge in [-0.1, -0.05) is 11.6 Å². The lowest BCUT2D eigenvalue weighted by molar-refractivity contribution is -0.139. The molecule has 0 saturated heterocycles. The molecule has 0 saturated carbocycles. The van der Waals surface area contributed by atoms with Gasteiger partial charge in [-0.15, -0.1) is 11.8 Å². The van der Waals surface area contributed by atoms with Crippen LogP contribution < -0.4 is 11.1 Å². The Balaban J connectivity index is 2.26. The van der Waals surface area contributed by atoms with Crippen LogP contribution in [0.1, 0.15) is 13.3 Å². The van der Waals surface area contributed by atoms with Gasteiger partial charge in [0.25, 0.3) is 0 Å². The fourth-order valence-electron chi connectivity index (χ4n) is 1.37. The molecule has 20 heavy (non-hydrogen) atoms. The van der Waals surface area contributed by atoms with E-state index >= 15 is 0 Å². The smallest absolute Gasteiger partial charge is 0.315 e. The first-order valence-corrected chi connectivity index (χ1v) is 7.64. The Morgan fingerprint density at radius 1 is 1.45 bits per heavy atom. The van der Waals surface area contributed by atoms with Gasteiger partial charge in [-0.25, -0.2) is 0 Å². The first-order valence-electron chi connectivity index (χ1n) is 6.11. The molecular formula is C13H17ClN2O3S. The number of carbonyl (C=O) groups is 2. The predicted molar refractivity (Wildman–Crippen MR) is 83.1 cm³/mol. The Hall–Kier alpha value is -1.40. The minimum atomic E-state index is -0.261. The van der Waals surface area contributed by atoms with Gasteiger partial charge < -0.3 is 15.8 Å². The van der Waals surface area contributed by atoms with E-state index in [0.717, 1.165) is 0 Å². The van der Waals surface area contributed by atoms with Crippen molar-refractivity contribution in [2.75, 3.05) is 29.2 Å². The number of thioether (sulfide) groups is 1. The SMILES string of the molecule is CCOC(=O)CSCCC(=O)Nc1ccc(Cl)c(N)c1. The fraction of sp³-hybridized carbons (Fsp3) is 0.385. The summed E-state index contributed by atoms with van der Waals surface area (Å²) >= 11 is 7.15. The van der Waals surface area contributed by atoms with E-state index in [9.17, 15) is 9.59 Å². The molecule has 1 aromatic rings. The molecule has 0 unspecified atom stereocenters. The minimum Gasteiger partial charge on any atom is -0.465 e. The molecule has 0 fully saturated rings. The third kappa shape index (κ3) is 6.16. The van der Waals surface area contributed by atoms with Crippen molar-refractivity contribution in [3.05, 3.63) is 23.2 Å². The van der Waals surface area contributed by atoms with Crippen LogP contribution >= 0.6 is 23.4 Å². The zero-order valence-corrected chi connectivity index (χ0v) is 12.7. The second-order valence-corrected chi connectivity index (χ2v) is 5.40. The monoisotopic (exact) mass is 316 g/mol. The van der Waals surface area contributed by atoms with Crippen molar-refractivity contribution in [1.82, 2.24) is 0 Å². The standard InChI is InChI=1S/C13H17ClN2O3S/c1-2-19-13(18)8-20-6-5-12(17)16-9-3-4-10(14)11(15)7-9/h3-4,7H,2,5-6,8,15H2,1H3,(H,16,17). The molecule has 1 amide bonds.